The van der Waals surface area contributed by atoms with Crippen LogP contribution in [0.3, 0.4) is 0 Å². The Hall–Kier alpha value is -4.26. The third-order valence-corrected chi connectivity index (χ3v) is 4.28. The number of hydrogen-bond acceptors (Lipinski definition) is 6. The molecule has 4 rings (SSSR count). The van der Waals surface area contributed by atoms with Crippen molar-refractivity contribution in [1.29, 1.82) is 0 Å². The van der Waals surface area contributed by atoms with E-state index in [2.05, 4.69) is 20.6 Å². The fourth-order valence-electron chi connectivity index (χ4n) is 2.81. The Morgan fingerprint density at radius 3 is 2.24 bits per heavy atom. The van der Waals surface area contributed by atoms with Crippen LogP contribution in [0.5, 0.6) is 0 Å². The maximum absolute atomic E-state index is 12.4. The molecule has 2 aromatic heterocycles. The van der Waals surface area contributed by atoms with E-state index in [1.54, 1.807) is 42.6 Å². The third-order valence-electron chi connectivity index (χ3n) is 4.28. The minimum absolute atomic E-state index is 0.252. The summed E-state index contributed by atoms with van der Waals surface area (Å²) in [6.45, 7) is 0. The average molecular weight is 469 g/mol. The van der Waals surface area contributed by atoms with Gasteiger partial charge >= 0.3 is 10.4 Å². The molecule has 170 valence electrons. The quantitative estimate of drug-likeness (QED) is 0.246. The smallest absolute Gasteiger partial charge is 0.394 e. The number of hydrogen-bond donors (Lipinski definition) is 6. The molecule has 2 amide bonds. The zero-order valence-electron chi connectivity index (χ0n) is 16.9. The van der Waals surface area contributed by atoms with E-state index >= 15 is 0 Å². The molecule has 0 aliphatic heterocycles. The molecule has 0 spiro atoms. The molecule has 2 aromatic carbocycles. The summed E-state index contributed by atoms with van der Waals surface area (Å²) in [5.41, 5.74) is 9.06. The number of fused-ring (bicyclic) bond motifs is 1. The van der Waals surface area contributed by atoms with Crippen molar-refractivity contribution in [2.75, 3.05) is 16.4 Å². The van der Waals surface area contributed by atoms with Crippen molar-refractivity contribution in [3.05, 3.63) is 84.3 Å². The number of para-hydroxylation sites is 1. The minimum Gasteiger partial charge on any atom is -0.396 e. The first-order valence-corrected chi connectivity index (χ1v) is 10.7. The first kappa shape index (κ1) is 23.4. The van der Waals surface area contributed by atoms with E-state index in [0.29, 0.717) is 28.3 Å². The number of nitrogens with two attached hydrogens (primary N) is 1. The van der Waals surface area contributed by atoms with E-state index in [9.17, 15) is 9.59 Å². The fourth-order valence-corrected chi connectivity index (χ4v) is 2.81. The Bertz CT molecular complexity index is 1360. The lowest BCUT2D eigenvalue weighted by Gasteiger charge is -2.08. The summed E-state index contributed by atoms with van der Waals surface area (Å²) in [5.74, 6) is -0.552. The first-order chi connectivity index (χ1) is 15.6. The maximum Gasteiger partial charge on any atom is 0.394 e. The lowest BCUT2D eigenvalue weighted by Crippen LogP contribution is -2.14. The Kier molecular flexibility index (Phi) is 7.03. The van der Waals surface area contributed by atoms with Crippen LogP contribution in [0.1, 0.15) is 20.8 Å². The molecule has 0 radical (unpaired) electrons. The van der Waals surface area contributed by atoms with Gasteiger partial charge in [0.05, 0.1) is 17.6 Å². The number of aromatic nitrogens is 2. The standard InChI is InChI=1S/C21H17N5O2.H2O4S/c22-16-12-23-10-9-18(16)26-20(27)13-5-7-15(8-6-13)24-21(28)19-11-14-3-1-2-4-17(14)25-19;1-5(2,3)4/h1-12,25H,22H2,(H,24,28)(H,23,26,27);(H2,1,2,3,4). The largest absolute Gasteiger partial charge is 0.396 e. The zero-order chi connectivity index (χ0) is 24.0. The minimum atomic E-state index is -4.67. The zero-order valence-corrected chi connectivity index (χ0v) is 17.7. The van der Waals surface area contributed by atoms with Crippen LogP contribution in [0.2, 0.25) is 0 Å². The monoisotopic (exact) mass is 469 g/mol. The molecule has 0 saturated heterocycles. The number of carbonyl (C=O) groups excluding carboxylic acids is 2. The van der Waals surface area contributed by atoms with Gasteiger partial charge in [-0.25, -0.2) is 0 Å². The van der Waals surface area contributed by atoms with Gasteiger partial charge in [-0.3, -0.25) is 23.7 Å². The summed E-state index contributed by atoms with van der Waals surface area (Å²) < 4.78 is 31.6. The van der Waals surface area contributed by atoms with Crippen molar-refractivity contribution in [1.82, 2.24) is 9.97 Å². The summed E-state index contributed by atoms with van der Waals surface area (Å²) in [4.78, 5) is 31.7. The number of aromatic amines is 1. The number of H-pyrrole nitrogens is 1. The number of rotatable bonds is 4. The van der Waals surface area contributed by atoms with Gasteiger partial charge in [-0.2, -0.15) is 8.42 Å². The predicted molar refractivity (Wildman–Crippen MR) is 123 cm³/mol. The summed E-state index contributed by atoms with van der Waals surface area (Å²) in [7, 11) is -4.67. The van der Waals surface area contributed by atoms with Crippen LogP contribution in [-0.4, -0.2) is 39.3 Å². The molecule has 7 N–H and O–H groups in total. The van der Waals surface area contributed by atoms with E-state index in [1.807, 2.05) is 24.3 Å². The number of nitrogens with one attached hydrogen (secondary N) is 3. The second-order valence-corrected chi connectivity index (χ2v) is 7.56. The molecular formula is C21H19N5O6S. The van der Waals surface area contributed by atoms with E-state index in [4.69, 9.17) is 23.3 Å². The van der Waals surface area contributed by atoms with Crippen molar-refractivity contribution >= 4 is 50.2 Å². The Labute approximate surface area is 188 Å². The van der Waals surface area contributed by atoms with Crippen molar-refractivity contribution in [2.45, 2.75) is 0 Å². The molecule has 0 bridgehead atoms. The molecular weight excluding hydrogens is 450 g/mol. The second kappa shape index (κ2) is 9.91. The van der Waals surface area contributed by atoms with Crippen LogP contribution in [-0.2, 0) is 10.4 Å². The van der Waals surface area contributed by atoms with Gasteiger partial charge in [-0.1, -0.05) is 18.2 Å². The van der Waals surface area contributed by atoms with Gasteiger partial charge in [0.25, 0.3) is 11.8 Å². The van der Waals surface area contributed by atoms with E-state index in [-0.39, 0.29) is 11.8 Å². The van der Waals surface area contributed by atoms with E-state index in [0.717, 1.165) is 10.9 Å². The van der Waals surface area contributed by atoms with Gasteiger partial charge in [-0.05, 0) is 42.5 Å². The van der Waals surface area contributed by atoms with Crippen molar-refractivity contribution in [2.24, 2.45) is 0 Å². The first-order valence-electron chi connectivity index (χ1n) is 9.30. The van der Waals surface area contributed by atoms with Crippen LogP contribution in [0.15, 0.2) is 73.1 Å². The van der Waals surface area contributed by atoms with Crippen LogP contribution in [0.4, 0.5) is 17.1 Å². The third kappa shape index (κ3) is 6.87. The second-order valence-electron chi connectivity index (χ2n) is 6.67. The lowest BCUT2D eigenvalue weighted by molar-refractivity contribution is 0.101. The molecule has 4 aromatic rings. The summed E-state index contributed by atoms with van der Waals surface area (Å²) in [6.07, 6.45) is 3.02. The number of pyridine rings is 1. The van der Waals surface area contributed by atoms with Gasteiger partial charge in [-0.15, -0.1) is 0 Å². The summed E-state index contributed by atoms with van der Waals surface area (Å²) in [6, 6.07) is 17.7. The molecule has 33 heavy (non-hydrogen) atoms. The number of nitrogen functional groups attached to an aromatic ring is 1. The number of nitrogens with zero attached hydrogens (tertiary/aromatic N) is 1. The van der Waals surface area contributed by atoms with Crippen LogP contribution < -0.4 is 16.4 Å². The molecule has 0 aliphatic rings. The number of amides is 2. The fraction of sp³-hybridized carbons (Fsp3) is 0. The highest BCUT2D eigenvalue weighted by Crippen LogP contribution is 2.19. The molecule has 0 saturated carbocycles. The van der Waals surface area contributed by atoms with Gasteiger partial charge in [0.2, 0.25) is 0 Å². The molecule has 12 heteroatoms. The van der Waals surface area contributed by atoms with Crippen molar-refractivity contribution < 1.29 is 27.1 Å². The highest BCUT2D eigenvalue weighted by Gasteiger charge is 2.11. The number of carbonyl (C=O) groups is 2. The van der Waals surface area contributed by atoms with Gasteiger partial charge in [0.1, 0.15) is 5.69 Å². The Morgan fingerprint density at radius 2 is 1.61 bits per heavy atom. The normalized spacial score (nSPS) is 10.7. The highest BCUT2D eigenvalue weighted by atomic mass is 32.3. The summed E-state index contributed by atoms with van der Waals surface area (Å²) >= 11 is 0. The van der Waals surface area contributed by atoms with Gasteiger partial charge < -0.3 is 21.4 Å². The number of anilines is 3. The molecule has 0 atom stereocenters. The van der Waals surface area contributed by atoms with Crippen LogP contribution in [0, 0.1) is 0 Å². The summed E-state index contributed by atoms with van der Waals surface area (Å²) in [5, 5.41) is 6.51. The highest BCUT2D eigenvalue weighted by molar-refractivity contribution is 7.79. The maximum atomic E-state index is 12.4. The SMILES string of the molecule is Nc1cnccc1NC(=O)c1ccc(NC(=O)c2cc3ccccc3[nH]2)cc1.O=S(=O)(O)O. The number of benzene rings is 2. The molecule has 2 heterocycles. The van der Waals surface area contributed by atoms with Gasteiger partial charge in [0, 0.05) is 28.4 Å². The predicted octanol–water partition coefficient (Wildman–Crippen LogP) is 3.00. The van der Waals surface area contributed by atoms with Crippen LogP contribution >= 0.6 is 0 Å². The molecule has 0 fully saturated rings. The topological polar surface area (TPSA) is 187 Å². The van der Waals surface area contributed by atoms with E-state index < -0.39 is 10.4 Å². The lowest BCUT2D eigenvalue weighted by atomic mass is 10.2. The van der Waals surface area contributed by atoms with Gasteiger partial charge in [0.15, 0.2) is 0 Å². The average Bonchev–Trinajstić information content (AvgIpc) is 3.19. The molecule has 0 aliphatic carbocycles. The molecule has 11 nitrogen and oxygen atoms in total. The van der Waals surface area contributed by atoms with E-state index in [1.165, 1.54) is 6.20 Å². The Morgan fingerprint density at radius 1 is 0.939 bits per heavy atom. The van der Waals surface area contributed by atoms with Crippen molar-refractivity contribution in [3.63, 3.8) is 0 Å². The van der Waals surface area contributed by atoms with Crippen LogP contribution in [0.25, 0.3) is 10.9 Å². The Balaban J connectivity index is 0.000000555. The van der Waals surface area contributed by atoms with Crippen molar-refractivity contribution in [3.8, 4) is 0 Å². The molecule has 0 unspecified atom stereocenters.